The molecular weight excluding hydrogens is 546 g/mol. The van der Waals surface area contributed by atoms with Crippen LogP contribution in [0.2, 0.25) is 0 Å². The van der Waals surface area contributed by atoms with Crippen LogP contribution in [-0.2, 0) is 35.0 Å². The monoisotopic (exact) mass is 595 g/mol. The van der Waals surface area contributed by atoms with E-state index in [-0.39, 0.29) is 35.7 Å². The summed E-state index contributed by atoms with van der Waals surface area (Å²) in [5.41, 5.74) is 6.61. The molecular formula is C31H49NO10. The summed E-state index contributed by atoms with van der Waals surface area (Å²) in [6, 6.07) is 3.32. The maximum Gasteiger partial charge on any atom is 0.514 e. The lowest BCUT2D eigenvalue weighted by Gasteiger charge is -2.22. The van der Waals surface area contributed by atoms with Crippen molar-refractivity contribution in [1.82, 2.24) is 0 Å². The molecule has 0 aliphatic carbocycles. The van der Waals surface area contributed by atoms with Crippen molar-refractivity contribution < 1.29 is 47.6 Å². The zero-order chi connectivity index (χ0) is 32.0. The molecule has 0 amide bonds. The molecule has 0 saturated heterocycles. The summed E-state index contributed by atoms with van der Waals surface area (Å²) in [6.45, 7) is 16.3. The van der Waals surface area contributed by atoms with Gasteiger partial charge < -0.3 is 34.2 Å². The predicted molar refractivity (Wildman–Crippen MR) is 156 cm³/mol. The summed E-state index contributed by atoms with van der Waals surface area (Å²) in [5.74, 6) is -1.12. The van der Waals surface area contributed by atoms with Gasteiger partial charge in [0, 0.05) is 6.42 Å². The molecule has 0 spiro atoms. The standard InChI is InChI=1S/C31H49NO10/c1-10-11-12-13-28(33)37-22(8)23(9)38-29(34)25(32)16-24-14-15-26(41-30(35)39-20(6)18(2)3)27(17-24)42-31(36)40-21(7)19(4)5/h14-15,17-23,25H,10-13,16,32H2,1-9H3/t20?,21?,22-,23-,25-/m0/s1. The van der Waals surface area contributed by atoms with E-state index in [9.17, 15) is 19.2 Å². The summed E-state index contributed by atoms with van der Waals surface area (Å²) < 4.78 is 32.0. The second-order valence-corrected chi connectivity index (χ2v) is 11.2. The molecule has 2 unspecified atom stereocenters. The molecule has 0 bridgehead atoms. The van der Waals surface area contributed by atoms with Gasteiger partial charge in [-0.1, -0.05) is 53.5 Å². The van der Waals surface area contributed by atoms with Crippen molar-refractivity contribution in [2.75, 3.05) is 0 Å². The Bertz CT molecular complexity index is 1020. The molecule has 0 radical (unpaired) electrons. The number of benzene rings is 1. The third-order valence-corrected chi connectivity index (χ3v) is 6.86. The topological polar surface area (TPSA) is 150 Å². The Kier molecular flexibility index (Phi) is 15.9. The van der Waals surface area contributed by atoms with Crippen LogP contribution in [0.5, 0.6) is 11.5 Å². The molecule has 0 fully saturated rings. The highest BCUT2D eigenvalue weighted by atomic mass is 16.8. The molecule has 238 valence electrons. The van der Waals surface area contributed by atoms with Crippen LogP contribution >= 0.6 is 0 Å². The smallest absolute Gasteiger partial charge is 0.459 e. The lowest BCUT2D eigenvalue weighted by molar-refractivity contribution is -0.166. The van der Waals surface area contributed by atoms with Crippen LogP contribution in [0.15, 0.2) is 18.2 Å². The van der Waals surface area contributed by atoms with Crippen LogP contribution in [0.25, 0.3) is 0 Å². The van der Waals surface area contributed by atoms with E-state index in [1.807, 2.05) is 34.6 Å². The average Bonchev–Trinajstić information content (AvgIpc) is 2.89. The second kappa shape index (κ2) is 18.3. The molecule has 0 aliphatic heterocycles. The molecule has 1 aromatic rings. The van der Waals surface area contributed by atoms with Crippen LogP contribution in [0.4, 0.5) is 9.59 Å². The Hall–Kier alpha value is -3.34. The highest BCUT2D eigenvalue weighted by Gasteiger charge is 2.26. The number of nitrogens with two attached hydrogens (primary N) is 1. The number of carbonyl (C=O) groups excluding carboxylic acids is 4. The van der Waals surface area contributed by atoms with E-state index in [0.717, 1.165) is 19.3 Å². The molecule has 2 N–H and O–H groups in total. The first-order valence-electron chi connectivity index (χ1n) is 14.7. The minimum Gasteiger partial charge on any atom is -0.459 e. The van der Waals surface area contributed by atoms with Crippen molar-refractivity contribution in [2.45, 2.75) is 125 Å². The van der Waals surface area contributed by atoms with Gasteiger partial charge in [0.2, 0.25) is 0 Å². The highest BCUT2D eigenvalue weighted by molar-refractivity contribution is 5.76. The quantitative estimate of drug-likeness (QED) is 0.102. The Morgan fingerprint density at radius 3 is 1.74 bits per heavy atom. The summed E-state index contributed by atoms with van der Waals surface area (Å²) in [6.07, 6.45) is -1.17. The van der Waals surface area contributed by atoms with Crippen molar-refractivity contribution in [1.29, 1.82) is 0 Å². The largest absolute Gasteiger partial charge is 0.514 e. The van der Waals surface area contributed by atoms with Gasteiger partial charge in [-0.05, 0) is 70.1 Å². The Morgan fingerprint density at radius 2 is 1.21 bits per heavy atom. The number of hydrogen-bond donors (Lipinski definition) is 1. The van der Waals surface area contributed by atoms with Gasteiger partial charge in [-0.2, -0.15) is 0 Å². The lowest BCUT2D eigenvalue weighted by atomic mass is 10.1. The van der Waals surface area contributed by atoms with Gasteiger partial charge in [-0.25, -0.2) is 9.59 Å². The normalized spacial score (nSPS) is 14.8. The minimum atomic E-state index is -1.08. The SMILES string of the molecule is CCCCCC(=O)O[C@@H](C)[C@H](C)OC(=O)[C@@H](N)Cc1ccc(OC(=O)OC(C)C(C)C)c(OC(=O)OC(C)C(C)C)c1. The van der Waals surface area contributed by atoms with Crippen LogP contribution in [0.3, 0.4) is 0 Å². The van der Waals surface area contributed by atoms with Crippen molar-refractivity contribution >= 4 is 24.2 Å². The van der Waals surface area contributed by atoms with E-state index in [2.05, 4.69) is 0 Å². The Labute approximate surface area is 249 Å². The fourth-order valence-corrected chi connectivity index (χ4v) is 3.23. The first-order valence-corrected chi connectivity index (χ1v) is 14.7. The summed E-state index contributed by atoms with van der Waals surface area (Å²) in [5, 5.41) is 0. The highest BCUT2D eigenvalue weighted by Crippen LogP contribution is 2.30. The van der Waals surface area contributed by atoms with Crippen LogP contribution in [0, 0.1) is 11.8 Å². The van der Waals surface area contributed by atoms with Crippen molar-refractivity contribution in [2.24, 2.45) is 17.6 Å². The molecule has 11 heteroatoms. The third-order valence-electron chi connectivity index (χ3n) is 6.86. The van der Waals surface area contributed by atoms with Gasteiger partial charge in [-0.3, -0.25) is 9.59 Å². The van der Waals surface area contributed by atoms with Crippen LogP contribution < -0.4 is 15.2 Å². The number of esters is 2. The zero-order valence-electron chi connectivity index (χ0n) is 26.5. The molecule has 0 saturated carbocycles. The van der Waals surface area contributed by atoms with E-state index in [1.165, 1.54) is 12.1 Å². The molecule has 42 heavy (non-hydrogen) atoms. The zero-order valence-corrected chi connectivity index (χ0v) is 26.5. The maximum atomic E-state index is 12.7. The van der Waals surface area contributed by atoms with Gasteiger partial charge in [0.05, 0.1) is 0 Å². The minimum absolute atomic E-state index is 0.0135. The molecule has 1 aromatic carbocycles. The number of unbranched alkanes of at least 4 members (excludes halogenated alkanes) is 2. The van der Waals surface area contributed by atoms with Gasteiger partial charge in [0.1, 0.15) is 30.5 Å². The fraction of sp³-hybridized carbons (Fsp3) is 0.677. The average molecular weight is 596 g/mol. The summed E-state index contributed by atoms with van der Waals surface area (Å²) >= 11 is 0. The first-order chi connectivity index (χ1) is 19.6. The number of hydrogen-bond acceptors (Lipinski definition) is 11. The van der Waals surface area contributed by atoms with E-state index in [0.29, 0.717) is 12.0 Å². The number of carbonyl (C=O) groups is 4. The molecule has 11 nitrogen and oxygen atoms in total. The van der Waals surface area contributed by atoms with Gasteiger partial charge in [0.15, 0.2) is 11.5 Å². The third kappa shape index (κ3) is 13.5. The lowest BCUT2D eigenvalue weighted by Crippen LogP contribution is -2.39. The van der Waals surface area contributed by atoms with Crippen molar-refractivity contribution in [3.05, 3.63) is 23.8 Å². The Balaban J connectivity index is 2.96. The molecule has 0 aromatic heterocycles. The van der Waals surface area contributed by atoms with Gasteiger partial charge in [0.25, 0.3) is 0 Å². The number of rotatable bonds is 16. The predicted octanol–water partition coefficient (Wildman–Crippen LogP) is 6.12. The fourth-order valence-electron chi connectivity index (χ4n) is 3.23. The molecule has 5 atom stereocenters. The Morgan fingerprint density at radius 1 is 0.690 bits per heavy atom. The van der Waals surface area contributed by atoms with E-state index in [4.69, 9.17) is 34.2 Å². The van der Waals surface area contributed by atoms with Crippen LogP contribution in [0.1, 0.15) is 93.6 Å². The van der Waals surface area contributed by atoms with Crippen LogP contribution in [-0.4, -0.2) is 54.7 Å². The molecule has 1 rings (SSSR count). The van der Waals surface area contributed by atoms with Gasteiger partial charge in [-0.15, -0.1) is 0 Å². The number of ether oxygens (including phenoxy) is 6. The van der Waals surface area contributed by atoms with E-state index >= 15 is 0 Å². The second-order valence-electron chi connectivity index (χ2n) is 11.2. The molecule has 0 heterocycles. The maximum absolute atomic E-state index is 12.7. The van der Waals surface area contributed by atoms with Gasteiger partial charge >= 0.3 is 24.2 Å². The van der Waals surface area contributed by atoms with E-state index < -0.39 is 48.7 Å². The first kappa shape index (κ1) is 36.7. The molecule has 0 aliphatic rings. The summed E-state index contributed by atoms with van der Waals surface area (Å²) in [4.78, 5) is 49.5. The van der Waals surface area contributed by atoms with Crippen molar-refractivity contribution in [3.63, 3.8) is 0 Å². The van der Waals surface area contributed by atoms with E-state index in [1.54, 1.807) is 33.8 Å². The van der Waals surface area contributed by atoms with Crippen molar-refractivity contribution in [3.8, 4) is 11.5 Å². The summed E-state index contributed by atoms with van der Waals surface area (Å²) in [7, 11) is 0.